The zero-order chi connectivity index (χ0) is 10.1. The number of carboxylic acid groups (broad SMARTS) is 1. The molecule has 6 heteroatoms. The van der Waals surface area contributed by atoms with Gasteiger partial charge in [-0.3, -0.25) is 4.79 Å². The van der Waals surface area contributed by atoms with E-state index in [1.165, 1.54) is 0 Å². The molecule has 0 unspecified atom stereocenters. The lowest BCUT2D eigenvalue weighted by atomic mass is 9.92. The minimum Gasteiger partial charge on any atom is -0.480 e. The molecule has 5 nitrogen and oxygen atoms in total. The first kappa shape index (κ1) is 10.5. The van der Waals surface area contributed by atoms with E-state index < -0.39 is 21.6 Å². The molecular formula is C7H12O5S. The molecule has 0 saturated carbocycles. The molecule has 13 heavy (non-hydrogen) atoms. The zero-order valence-electron chi connectivity index (χ0n) is 7.32. The highest BCUT2D eigenvalue weighted by Crippen LogP contribution is 2.28. The van der Waals surface area contributed by atoms with E-state index in [1.807, 2.05) is 0 Å². The van der Waals surface area contributed by atoms with Crippen molar-refractivity contribution in [3.8, 4) is 0 Å². The quantitative estimate of drug-likeness (QED) is 0.675. The van der Waals surface area contributed by atoms with Crippen LogP contribution in [0.4, 0.5) is 0 Å². The third-order valence-corrected chi connectivity index (χ3v) is 3.64. The molecule has 1 aliphatic rings. The Morgan fingerprint density at radius 1 is 1.54 bits per heavy atom. The molecule has 1 saturated heterocycles. The van der Waals surface area contributed by atoms with Crippen LogP contribution in [-0.4, -0.2) is 44.2 Å². The Balaban J connectivity index is 2.56. The van der Waals surface area contributed by atoms with Gasteiger partial charge in [-0.15, -0.1) is 0 Å². The van der Waals surface area contributed by atoms with Gasteiger partial charge in [-0.25, -0.2) is 8.42 Å². The van der Waals surface area contributed by atoms with Crippen molar-refractivity contribution in [1.29, 1.82) is 0 Å². The van der Waals surface area contributed by atoms with Crippen LogP contribution in [0.15, 0.2) is 0 Å². The summed E-state index contributed by atoms with van der Waals surface area (Å²) in [7, 11) is -3.48. The highest BCUT2D eigenvalue weighted by molar-refractivity contribution is 7.92. The molecule has 0 aromatic rings. The molecule has 1 aliphatic heterocycles. The smallest absolute Gasteiger partial charge is 0.318 e. The van der Waals surface area contributed by atoms with E-state index in [9.17, 15) is 13.2 Å². The van der Waals surface area contributed by atoms with Crippen molar-refractivity contribution in [3.63, 3.8) is 0 Å². The molecule has 1 N–H and O–H groups in total. The molecule has 1 heterocycles. The average Bonchev–Trinajstić information content (AvgIpc) is 1.79. The molecule has 1 rings (SSSR count). The monoisotopic (exact) mass is 208 g/mol. The topological polar surface area (TPSA) is 80.7 Å². The largest absolute Gasteiger partial charge is 0.480 e. The number of hydrogen-bond acceptors (Lipinski definition) is 4. The minimum absolute atomic E-state index is 0.105. The first-order valence-electron chi connectivity index (χ1n) is 3.83. The van der Waals surface area contributed by atoms with Crippen LogP contribution in [0.5, 0.6) is 0 Å². The highest BCUT2D eigenvalue weighted by Gasteiger charge is 2.38. The summed E-state index contributed by atoms with van der Waals surface area (Å²) in [6.45, 7) is 2.56. The van der Waals surface area contributed by atoms with Crippen LogP contribution >= 0.6 is 0 Å². The molecule has 0 aromatic heterocycles. The van der Waals surface area contributed by atoms with Gasteiger partial charge in [0.1, 0.15) is 5.75 Å². The lowest BCUT2D eigenvalue weighted by Crippen LogP contribution is -2.46. The van der Waals surface area contributed by atoms with Crippen LogP contribution < -0.4 is 0 Å². The Morgan fingerprint density at radius 3 is 2.38 bits per heavy atom. The van der Waals surface area contributed by atoms with Crippen molar-refractivity contribution in [1.82, 2.24) is 0 Å². The Labute approximate surface area is 76.6 Å². The van der Waals surface area contributed by atoms with Crippen molar-refractivity contribution in [2.75, 3.05) is 24.7 Å². The van der Waals surface area contributed by atoms with Crippen molar-refractivity contribution in [2.24, 2.45) is 5.41 Å². The van der Waals surface area contributed by atoms with Crippen LogP contribution in [0.3, 0.4) is 0 Å². The summed E-state index contributed by atoms with van der Waals surface area (Å²) in [5, 5.41) is 8.33. The van der Waals surface area contributed by atoms with E-state index in [0.29, 0.717) is 13.2 Å². The second-order valence-corrected chi connectivity index (χ2v) is 5.79. The fourth-order valence-corrected chi connectivity index (χ4v) is 3.01. The summed E-state index contributed by atoms with van der Waals surface area (Å²) >= 11 is 0. The maximum Gasteiger partial charge on any atom is 0.318 e. The van der Waals surface area contributed by atoms with Gasteiger partial charge in [-0.05, 0) is 0 Å². The van der Waals surface area contributed by atoms with Gasteiger partial charge in [0, 0.05) is 5.41 Å². The maximum atomic E-state index is 11.2. The molecule has 76 valence electrons. The van der Waals surface area contributed by atoms with Gasteiger partial charge in [0.15, 0.2) is 9.84 Å². The van der Waals surface area contributed by atoms with Crippen molar-refractivity contribution in [3.05, 3.63) is 0 Å². The number of carbonyl (C=O) groups is 1. The molecular weight excluding hydrogens is 196 g/mol. The second kappa shape index (κ2) is 3.26. The van der Waals surface area contributed by atoms with Crippen molar-refractivity contribution in [2.45, 2.75) is 6.92 Å². The van der Waals surface area contributed by atoms with Crippen LogP contribution in [0.2, 0.25) is 0 Å². The molecule has 0 amide bonds. The fourth-order valence-electron chi connectivity index (χ4n) is 1.30. The van der Waals surface area contributed by atoms with E-state index in [0.717, 1.165) is 0 Å². The Kier molecular flexibility index (Phi) is 2.63. The number of ether oxygens (including phenoxy) is 1. The van der Waals surface area contributed by atoms with Crippen molar-refractivity contribution >= 4 is 15.8 Å². The molecule has 0 bridgehead atoms. The van der Waals surface area contributed by atoms with Crippen LogP contribution in [0, 0.1) is 5.41 Å². The van der Waals surface area contributed by atoms with Crippen molar-refractivity contribution < 1.29 is 23.1 Å². The van der Waals surface area contributed by atoms with Gasteiger partial charge in [-0.1, -0.05) is 6.92 Å². The van der Waals surface area contributed by atoms with Crippen LogP contribution in [0.25, 0.3) is 0 Å². The molecule has 0 atom stereocenters. The third kappa shape index (κ3) is 2.96. The van der Waals surface area contributed by atoms with Crippen LogP contribution in [-0.2, 0) is 19.4 Å². The average molecular weight is 208 g/mol. The lowest BCUT2D eigenvalue weighted by molar-refractivity contribution is -0.134. The van der Waals surface area contributed by atoms with E-state index in [-0.39, 0.29) is 11.2 Å². The summed E-state index contributed by atoms with van der Waals surface area (Å²) in [6.07, 6.45) is 0. The van der Waals surface area contributed by atoms with E-state index >= 15 is 0 Å². The summed E-state index contributed by atoms with van der Waals surface area (Å²) in [5.74, 6) is -2.20. The number of sulfone groups is 1. The molecule has 0 spiro atoms. The van der Waals surface area contributed by atoms with Gasteiger partial charge >= 0.3 is 5.97 Å². The van der Waals surface area contributed by atoms with Gasteiger partial charge in [-0.2, -0.15) is 0 Å². The first-order chi connectivity index (χ1) is 5.83. The Hall–Kier alpha value is -0.620. The van der Waals surface area contributed by atoms with Gasteiger partial charge in [0.05, 0.1) is 19.0 Å². The van der Waals surface area contributed by atoms with E-state index in [2.05, 4.69) is 0 Å². The summed E-state index contributed by atoms with van der Waals surface area (Å²) in [5.41, 5.74) is -0.381. The molecule has 0 aliphatic carbocycles. The normalized spacial score (nSPS) is 20.7. The predicted octanol–water partition coefficient (Wildman–Crippen LogP) is -0.478. The first-order valence-corrected chi connectivity index (χ1v) is 5.65. The third-order valence-electron chi connectivity index (χ3n) is 1.81. The van der Waals surface area contributed by atoms with Gasteiger partial charge in [0.2, 0.25) is 0 Å². The highest BCUT2D eigenvalue weighted by atomic mass is 32.2. The SMILES string of the molecule is CC1(CS(=O)(=O)CC(=O)O)COC1. The van der Waals surface area contributed by atoms with Crippen LogP contribution in [0.1, 0.15) is 6.92 Å². The van der Waals surface area contributed by atoms with Gasteiger partial charge in [0.25, 0.3) is 0 Å². The number of rotatable bonds is 4. The second-order valence-electron chi connectivity index (χ2n) is 3.73. The standard InChI is InChI=1S/C7H12O5S/c1-7(3-12-4-7)5-13(10,11)2-6(8)9/h2-5H2,1H3,(H,8,9). The van der Waals surface area contributed by atoms with E-state index in [4.69, 9.17) is 9.84 Å². The predicted molar refractivity (Wildman–Crippen MR) is 45.2 cm³/mol. The number of aliphatic carboxylic acids is 1. The van der Waals surface area contributed by atoms with Gasteiger partial charge < -0.3 is 9.84 Å². The molecule has 1 fully saturated rings. The minimum atomic E-state index is -3.48. The molecule has 0 radical (unpaired) electrons. The lowest BCUT2D eigenvalue weighted by Gasteiger charge is -2.37. The van der Waals surface area contributed by atoms with E-state index in [1.54, 1.807) is 6.92 Å². The summed E-state index contributed by atoms with van der Waals surface area (Å²) in [4.78, 5) is 10.2. The number of hydrogen-bond donors (Lipinski definition) is 1. The number of carboxylic acids is 1. The Morgan fingerprint density at radius 2 is 2.08 bits per heavy atom. The maximum absolute atomic E-state index is 11.2. The zero-order valence-corrected chi connectivity index (χ0v) is 8.13. The fraction of sp³-hybridized carbons (Fsp3) is 0.857. The molecule has 0 aromatic carbocycles. The Bertz CT molecular complexity index is 301. The summed E-state index contributed by atoms with van der Waals surface area (Å²) < 4.78 is 27.3. The summed E-state index contributed by atoms with van der Waals surface area (Å²) in [6, 6.07) is 0.